The van der Waals surface area contributed by atoms with Crippen LogP contribution in [0.1, 0.15) is 60.3 Å². The normalized spacial score (nSPS) is 21.1. The molecule has 3 aliphatic rings. The molecular weight excluding hydrogens is 454 g/mol. The fourth-order valence-corrected chi connectivity index (χ4v) is 6.65. The lowest BCUT2D eigenvalue weighted by atomic mass is 9.94. The minimum Gasteiger partial charge on any atom is -0.369 e. The van der Waals surface area contributed by atoms with E-state index in [9.17, 15) is 4.79 Å². The number of nitrogens with zero attached hydrogens (tertiary/aromatic N) is 4. The molecule has 0 amide bonds. The number of imidazole rings is 1. The molecule has 1 aliphatic carbocycles. The number of anilines is 1. The Morgan fingerprint density at radius 2 is 1.66 bits per heavy atom. The van der Waals surface area contributed by atoms with E-state index in [-0.39, 0.29) is 11.2 Å². The molecule has 0 bridgehead atoms. The number of rotatable bonds is 5. The molecule has 182 valence electrons. The van der Waals surface area contributed by atoms with E-state index < -0.39 is 0 Å². The van der Waals surface area contributed by atoms with Crippen molar-refractivity contribution in [3.63, 3.8) is 0 Å². The van der Waals surface area contributed by atoms with E-state index in [1.807, 2.05) is 35.1 Å². The standard InChI is InChI=1S/C28H33N5OS/c1-20(34)21-7-9-22(10-8-21)26-19-33-28(29-26)35-27(30-33)23-11-13-25(14-12-23)32-17-15-31(16-18-32)24-5-3-2-4-6-24/h7-14,19,24,27,30H,2-6,15-18H2,1H3. The van der Waals surface area contributed by atoms with Crippen LogP contribution >= 0.6 is 11.8 Å². The molecule has 0 radical (unpaired) electrons. The maximum Gasteiger partial charge on any atom is 0.189 e. The lowest BCUT2D eigenvalue weighted by Crippen LogP contribution is -2.50. The molecule has 2 fully saturated rings. The Kier molecular flexibility index (Phi) is 6.29. The molecular formula is C28H33N5OS. The van der Waals surface area contributed by atoms with Crippen LogP contribution in [0.15, 0.2) is 59.9 Å². The maximum atomic E-state index is 11.5. The number of hydrogen-bond acceptors (Lipinski definition) is 6. The summed E-state index contributed by atoms with van der Waals surface area (Å²) in [6, 6.07) is 17.5. The van der Waals surface area contributed by atoms with Crippen molar-refractivity contribution in [3.8, 4) is 11.3 Å². The van der Waals surface area contributed by atoms with Gasteiger partial charge in [-0.1, -0.05) is 67.4 Å². The summed E-state index contributed by atoms with van der Waals surface area (Å²) >= 11 is 1.74. The third-order valence-corrected chi connectivity index (χ3v) is 8.82. The smallest absolute Gasteiger partial charge is 0.189 e. The summed E-state index contributed by atoms with van der Waals surface area (Å²) in [5.41, 5.74) is 8.80. The van der Waals surface area contributed by atoms with Crippen molar-refractivity contribution in [3.05, 3.63) is 65.9 Å². The number of hydrogen-bond donors (Lipinski definition) is 1. The van der Waals surface area contributed by atoms with Gasteiger partial charge in [0, 0.05) is 49.0 Å². The summed E-state index contributed by atoms with van der Waals surface area (Å²) in [4.78, 5) is 21.6. The number of benzene rings is 2. The Morgan fingerprint density at radius 3 is 2.31 bits per heavy atom. The SMILES string of the molecule is CC(=O)c1ccc(-c2cn3c(n2)SC(c2ccc(N4CCN(C5CCCCC5)CC4)cc2)N3)cc1. The van der Waals surface area contributed by atoms with E-state index in [1.54, 1.807) is 18.7 Å². The molecule has 3 heterocycles. The Hall–Kier alpha value is -2.77. The second kappa shape index (κ2) is 9.70. The van der Waals surface area contributed by atoms with E-state index in [0.29, 0.717) is 0 Å². The third kappa shape index (κ3) is 4.71. The van der Waals surface area contributed by atoms with Gasteiger partial charge in [0.25, 0.3) is 0 Å². The number of fused-ring (bicyclic) bond motifs is 1. The van der Waals surface area contributed by atoms with Crippen LogP contribution in [0, 0.1) is 0 Å². The van der Waals surface area contributed by atoms with Gasteiger partial charge < -0.3 is 10.3 Å². The Morgan fingerprint density at radius 1 is 0.943 bits per heavy atom. The average molecular weight is 488 g/mol. The predicted octanol–water partition coefficient (Wildman–Crippen LogP) is 5.56. The van der Waals surface area contributed by atoms with Crippen LogP contribution < -0.4 is 10.3 Å². The monoisotopic (exact) mass is 487 g/mol. The molecule has 35 heavy (non-hydrogen) atoms. The van der Waals surface area contributed by atoms with Crippen molar-refractivity contribution >= 4 is 23.2 Å². The number of carbonyl (C=O) groups excluding carboxylic acids is 1. The van der Waals surface area contributed by atoms with Gasteiger partial charge in [-0.15, -0.1) is 0 Å². The Bertz CT molecular complexity index is 1150. The third-order valence-electron chi connectivity index (χ3n) is 7.71. The average Bonchev–Trinajstić information content (AvgIpc) is 3.49. The van der Waals surface area contributed by atoms with Crippen LogP contribution in [-0.2, 0) is 0 Å². The van der Waals surface area contributed by atoms with Gasteiger partial charge in [-0.2, -0.15) is 0 Å². The molecule has 1 N–H and O–H groups in total. The van der Waals surface area contributed by atoms with Crippen LogP contribution in [0.3, 0.4) is 0 Å². The Labute approximate surface area is 211 Å². The summed E-state index contributed by atoms with van der Waals surface area (Å²) < 4.78 is 2.02. The van der Waals surface area contributed by atoms with Crippen LogP contribution in [0.5, 0.6) is 0 Å². The summed E-state index contributed by atoms with van der Waals surface area (Å²) in [6.07, 6.45) is 9.07. The highest BCUT2D eigenvalue weighted by Crippen LogP contribution is 2.40. The van der Waals surface area contributed by atoms with Crippen LogP contribution in [-0.4, -0.2) is 52.6 Å². The molecule has 7 heteroatoms. The number of thioether (sulfide) groups is 1. The van der Waals surface area contributed by atoms with Crippen LogP contribution in [0.2, 0.25) is 0 Å². The van der Waals surface area contributed by atoms with Gasteiger partial charge in [0.05, 0.1) is 11.9 Å². The molecule has 1 saturated carbocycles. The topological polar surface area (TPSA) is 53.4 Å². The molecule has 1 unspecified atom stereocenters. The summed E-state index contributed by atoms with van der Waals surface area (Å²) in [5, 5.41) is 1.12. The van der Waals surface area contributed by atoms with E-state index in [2.05, 4.69) is 39.5 Å². The first-order valence-corrected chi connectivity index (χ1v) is 13.7. The number of piperazine rings is 1. The highest BCUT2D eigenvalue weighted by atomic mass is 32.2. The van der Waals surface area contributed by atoms with Gasteiger partial charge in [-0.3, -0.25) is 9.69 Å². The first kappa shape index (κ1) is 22.7. The lowest BCUT2D eigenvalue weighted by molar-refractivity contribution is 0.101. The minimum absolute atomic E-state index is 0.0803. The molecule has 2 aliphatic heterocycles. The van der Waals surface area contributed by atoms with E-state index in [0.717, 1.165) is 41.1 Å². The zero-order valence-electron chi connectivity index (χ0n) is 20.3. The Balaban J connectivity index is 1.06. The second-order valence-corrected chi connectivity index (χ2v) is 11.0. The molecule has 0 spiro atoms. The summed E-state index contributed by atoms with van der Waals surface area (Å²) in [7, 11) is 0. The zero-order chi connectivity index (χ0) is 23.8. The summed E-state index contributed by atoms with van der Waals surface area (Å²) in [5.74, 6) is 0.0803. The van der Waals surface area contributed by atoms with E-state index in [4.69, 9.17) is 4.98 Å². The maximum absolute atomic E-state index is 11.5. The molecule has 1 aromatic heterocycles. The number of nitrogens with one attached hydrogen (secondary N) is 1. The molecule has 6 nitrogen and oxygen atoms in total. The van der Waals surface area contributed by atoms with Crippen molar-refractivity contribution in [2.75, 3.05) is 36.5 Å². The summed E-state index contributed by atoms with van der Waals surface area (Å²) in [6.45, 7) is 6.21. The molecule has 3 aromatic rings. The molecule has 2 aromatic carbocycles. The zero-order valence-corrected chi connectivity index (χ0v) is 21.1. The fourth-order valence-electron chi connectivity index (χ4n) is 5.61. The number of Topliss-reactive ketones (excluding diaryl/α,β-unsaturated/α-hetero) is 1. The highest BCUT2D eigenvalue weighted by molar-refractivity contribution is 7.99. The van der Waals surface area contributed by atoms with Gasteiger partial charge in [0.2, 0.25) is 0 Å². The number of ketones is 1. The highest BCUT2D eigenvalue weighted by Gasteiger charge is 2.27. The molecule has 1 saturated heterocycles. The first-order valence-electron chi connectivity index (χ1n) is 12.9. The predicted molar refractivity (Wildman–Crippen MR) is 143 cm³/mol. The lowest BCUT2D eigenvalue weighted by Gasteiger charge is -2.41. The van der Waals surface area contributed by atoms with Crippen LogP contribution in [0.4, 0.5) is 5.69 Å². The molecule has 6 rings (SSSR count). The quantitative estimate of drug-likeness (QED) is 0.476. The van der Waals surface area contributed by atoms with Crippen molar-refractivity contribution in [2.24, 2.45) is 0 Å². The van der Waals surface area contributed by atoms with E-state index >= 15 is 0 Å². The number of carbonyl (C=O) groups is 1. The number of aromatic nitrogens is 2. The first-order chi connectivity index (χ1) is 17.1. The largest absolute Gasteiger partial charge is 0.369 e. The van der Waals surface area contributed by atoms with Crippen molar-refractivity contribution in [1.82, 2.24) is 14.6 Å². The van der Waals surface area contributed by atoms with Gasteiger partial charge in [-0.05, 0) is 37.5 Å². The van der Waals surface area contributed by atoms with Crippen molar-refractivity contribution < 1.29 is 4.79 Å². The minimum atomic E-state index is 0.0803. The van der Waals surface area contributed by atoms with Crippen molar-refractivity contribution in [1.29, 1.82) is 0 Å². The second-order valence-electron chi connectivity index (χ2n) is 9.95. The van der Waals surface area contributed by atoms with Crippen molar-refractivity contribution in [2.45, 2.75) is 55.6 Å². The van der Waals surface area contributed by atoms with E-state index in [1.165, 1.54) is 56.4 Å². The fraction of sp³-hybridized carbons (Fsp3) is 0.429. The molecule has 1 atom stereocenters. The van der Waals surface area contributed by atoms with Gasteiger partial charge in [-0.25, -0.2) is 9.66 Å². The van der Waals surface area contributed by atoms with Crippen LogP contribution in [0.25, 0.3) is 11.3 Å². The van der Waals surface area contributed by atoms with Gasteiger partial charge >= 0.3 is 0 Å². The van der Waals surface area contributed by atoms with Gasteiger partial charge in [0.1, 0.15) is 5.37 Å². The van der Waals surface area contributed by atoms with Gasteiger partial charge in [0.15, 0.2) is 10.9 Å².